The number of fused-ring (bicyclic) bond motifs is 1. The maximum atomic E-state index is 9.87. The predicted molar refractivity (Wildman–Crippen MR) is 111 cm³/mol. The van der Waals surface area contributed by atoms with E-state index in [-0.39, 0.29) is 12.2 Å². The normalized spacial score (nSPS) is 9.48. The van der Waals surface area contributed by atoms with Gasteiger partial charge in [-0.05, 0) is 26.0 Å². The lowest BCUT2D eigenvalue weighted by molar-refractivity contribution is -0.139. The Hall–Kier alpha value is -3.82. The van der Waals surface area contributed by atoms with Gasteiger partial charge in [-0.1, -0.05) is 12.1 Å². The molecule has 1 aromatic carbocycles. The van der Waals surface area contributed by atoms with Gasteiger partial charge < -0.3 is 18.4 Å². The molecule has 0 aliphatic carbocycles. The van der Waals surface area contributed by atoms with Gasteiger partial charge in [0.1, 0.15) is 23.5 Å². The fourth-order valence-electron chi connectivity index (χ4n) is 2.06. The van der Waals surface area contributed by atoms with Crippen molar-refractivity contribution in [2.75, 3.05) is 0 Å². The zero-order valence-corrected chi connectivity index (χ0v) is 18.4. The number of carboxylic acids is 1. The number of aromatic nitrogens is 4. The van der Waals surface area contributed by atoms with Crippen LogP contribution in [-0.4, -0.2) is 37.0 Å². The molecule has 31 heavy (non-hydrogen) atoms. The highest BCUT2D eigenvalue weighted by molar-refractivity contribution is 5.93. The van der Waals surface area contributed by atoms with Crippen molar-refractivity contribution in [3.05, 3.63) is 59.8 Å². The summed E-state index contributed by atoms with van der Waals surface area (Å²) in [7, 11) is 0. The zero-order chi connectivity index (χ0) is 23.4. The van der Waals surface area contributed by atoms with E-state index in [1.165, 1.54) is 6.92 Å². The summed E-state index contributed by atoms with van der Waals surface area (Å²) in [6.07, 6.45) is 1.34. The second kappa shape index (κ2) is 12.7. The molecule has 1 N–H and O–H groups in total. The third kappa shape index (κ3) is 11.1. The van der Waals surface area contributed by atoms with Crippen LogP contribution in [0.3, 0.4) is 0 Å². The van der Waals surface area contributed by atoms with Crippen LogP contribution in [0, 0.1) is 34.6 Å². The smallest absolute Gasteiger partial charge is 0.310 e. The molecule has 0 amide bonds. The monoisotopic (exact) mass is 430 g/mol. The van der Waals surface area contributed by atoms with Crippen LogP contribution in [0.15, 0.2) is 43.7 Å². The number of carbonyl (C=O) groups is 2. The van der Waals surface area contributed by atoms with Gasteiger partial charge in [-0.2, -0.15) is 0 Å². The van der Waals surface area contributed by atoms with Gasteiger partial charge in [-0.15, -0.1) is 10.2 Å². The molecule has 10 nitrogen and oxygen atoms in total. The van der Waals surface area contributed by atoms with Crippen molar-refractivity contribution in [2.24, 2.45) is 0 Å². The summed E-state index contributed by atoms with van der Waals surface area (Å²) >= 11 is 0. The third-order valence-corrected chi connectivity index (χ3v) is 3.16. The maximum Gasteiger partial charge on any atom is 0.310 e. The summed E-state index contributed by atoms with van der Waals surface area (Å²) in [6, 6.07) is 7.73. The lowest BCUT2D eigenvalue weighted by Crippen LogP contribution is -2.00. The summed E-state index contributed by atoms with van der Waals surface area (Å²) in [4.78, 5) is 27.5. The number of Topliss-reactive ketones (excluding diaryl/α,β-unsaturated/α-hetero) is 1. The number of para-hydroxylation sites is 2. The van der Waals surface area contributed by atoms with Gasteiger partial charge in [0.2, 0.25) is 11.8 Å². The molecule has 4 rings (SSSR count). The molecule has 4 aromatic rings. The number of carbonyl (C=O) groups excluding carboxylic acids is 1. The molecule has 0 aliphatic heterocycles. The largest absolute Gasteiger partial charge is 0.481 e. The number of hydrogen-bond acceptors (Lipinski definition) is 9. The molecule has 10 heteroatoms. The molecule has 0 spiro atoms. The molecule has 0 saturated heterocycles. The quantitative estimate of drug-likeness (QED) is 0.460. The molecule has 0 aliphatic rings. The molecule has 0 bridgehead atoms. The lowest BCUT2D eigenvalue weighted by Gasteiger charge is -1.80. The van der Waals surface area contributed by atoms with Crippen LogP contribution in [0.5, 0.6) is 0 Å². The Labute approximate surface area is 179 Å². The summed E-state index contributed by atoms with van der Waals surface area (Å²) in [6.45, 7) is 10.3. The van der Waals surface area contributed by atoms with Gasteiger partial charge in [0.25, 0.3) is 0 Å². The fourth-order valence-corrected chi connectivity index (χ4v) is 2.06. The number of aliphatic carboxylic acids is 1. The van der Waals surface area contributed by atoms with Crippen LogP contribution in [-0.2, 0) is 9.59 Å². The number of carboxylic acid groups (broad SMARTS) is 1. The van der Waals surface area contributed by atoms with Gasteiger partial charge in [0, 0.05) is 27.7 Å². The van der Waals surface area contributed by atoms with Crippen molar-refractivity contribution in [1.29, 1.82) is 0 Å². The minimum Gasteiger partial charge on any atom is -0.481 e. The summed E-state index contributed by atoms with van der Waals surface area (Å²) in [5.41, 5.74) is 1.79. The molecule has 3 aromatic heterocycles. The number of rotatable bonds is 2. The second-order valence-corrected chi connectivity index (χ2v) is 6.30. The summed E-state index contributed by atoms with van der Waals surface area (Å²) in [5, 5.41) is 15.1. The topological polar surface area (TPSA) is 145 Å². The van der Waals surface area contributed by atoms with E-state index >= 15 is 0 Å². The molecule has 0 unspecified atom stereocenters. The van der Waals surface area contributed by atoms with Crippen LogP contribution in [0.2, 0.25) is 0 Å². The Morgan fingerprint density at radius 3 is 1.81 bits per heavy atom. The van der Waals surface area contributed by atoms with E-state index in [2.05, 4.69) is 20.2 Å². The zero-order valence-electron chi connectivity index (χ0n) is 18.4. The Bertz CT molecular complexity index is 980. The van der Waals surface area contributed by atoms with E-state index in [1.54, 1.807) is 20.0 Å². The standard InChI is InChI=1S/C8H7NO.C5H7NO.C4H6N2O.C4H6O3/c1-6-9-7-4-2-3-5-8(7)10-6;1-4-3-6-5(2)7-4;1-3-5-6-4(2)7-3;1-3(5)2-4(6)7/h2-5H,1H3;3H,1-2H3;1-2H3;2H2,1H3,(H,6,7). The molecule has 0 saturated carbocycles. The van der Waals surface area contributed by atoms with Crippen molar-refractivity contribution < 1.29 is 27.9 Å². The van der Waals surface area contributed by atoms with Crippen LogP contribution in [0.25, 0.3) is 11.1 Å². The first kappa shape index (κ1) is 25.2. The Balaban J connectivity index is 0.000000210. The fraction of sp³-hybridized carbons (Fsp3) is 0.333. The van der Waals surface area contributed by atoms with Gasteiger partial charge >= 0.3 is 5.97 Å². The molecular formula is C21H26N4O6. The molecule has 0 fully saturated rings. The summed E-state index contributed by atoms with van der Waals surface area (Å²) in [5.74, 6) is 2.20. The van der Waals surface area contributed by atoms with Crippen molar-refractivity contribution in [1.82, 2.24) is 20.2 Å². The molecule has 0 radical (unpaired) electrons. The molecule has 166 valence electrons. The van der Waals surface area contributed by atoms with Crippen LogP contribution in [0.1, 0.15) is 42.7 Å². The second-order valence-electron chi connectivity index (χ2n) is 6.30. The van der Waals surface area contributed by atoms with E-state index in [0.717, 1.165) is 28.6 Å². The SMILES string of the molecule is CC(=O)CC(=O)O.Cc1cnc(C)o1.Cc1nc2ccccc2o1.Cc1nnc(C)o1. The van der Waals surface area contributed by atoms with E-state index in [9.17, 15) is 9.59 Å². The first-order valence-corrected chi connectivity index (χ1v) is 9.26. The van der Waals surface area contributed by atoms with Gasteiger partial charge in [-0.3, -0.25) is 9.59 Å². The van der Waals surface area contributed by atoms with E-state index in [4.69, 9.17) is 18.4 Å². The van der Waals surface area contributed by atoms with E-state index < -0.39 is 5.97 Å². The predicted octanol–water partition coefficient (Wildman–Crippen LogP) is 4.16. The summed E-state index contributed by atoms with van der Waals surface area (Å²) < 4.78 is 15.1. The van der Waals surface area contributed by atoms with Crippen LogP contribution >= 0.6 is 0 Å². The van der Waals surface area contributed by atoms with Crippen molar-refractivity contribution in [3.63, 3.8) is 0 Å². The Kier molecular flexibility index (Phi) is 10.3. The Morgan fingerprint density at radius 2 is 1.48 bits per heavy atom. The number of nitrogens with zero attached hydrogens (tertiary/aromatic N) is 4. The van der Waals surface area contributed by atoms with Gasteiger partial charge in [0.05, 0.1) is 6.20 Å². The minimum atomic E-state index is -1.06. The number of benzene rings is 1. The van der Waals surface area contributed by atoms with E-state index in [0.29, 0.717) is 11.8 Å². The third-order valence-electron chi connectivity index (χ3n) is 3.16. The average Bonchev–Trinajstić information content (AvgIpc) is 3.34. The van der Waals surface area contributed by atoms with Crippen molar-refractivity contribution in [2.45, 2.75) is 48.0 Å². The molecular weight excluding hydrogens is 404 g/mol. The van der Waals surface area contributed by atoms with Crippen LogP contribution < -0.4 is 0 Å². The average molecular weight is 430 g/mol. The molecule has 3 heterocycles. The molecule has 0 atom stereocenters. The number of aryl methyl sites for hydroxylation is 5. The highest BCUT2D eigenvalue weighted by Crippen LogP contribution is 2.12. The maximum absolute atomic E-state index is 9.87. The van der Waals surface area contributed by atoms with E-state index in [1.807, 2.05) is 45.0 Å². The Morgan fingerprint density at radius 1 is 0.871 bits per heavy atom. The number of oxazole rings is 2. The first-order valence-electron chi connectivity index (χ1n) is 9.26. The van der Waals surface area contributed by atoms with Gasteiger partial charge in [-0.25, -0.2) is 9.97 Å². The van der Waals surface area contributed by atoms with Crippen LogP contribution in [0.4, 0.5) is 0 Å². The van der Waals surface area contributed by atoms with Crippen molar-refractivity contribution in [3.8, 4) is 0 Å². The van der Waals surface area contributed by atoms with Crippen molar-refractivity contribution >= 4 is 22.9 Å². The van der Waals surface area contributed by atoms with Gasteiger partial charge in [0.15, 0.2) is 17.4 Å². The number of ketones is 1. The number of hydrogen-bond donors (Lipinski definition) is 1. The minimum absolute atomic E-state index is 0.312. The highest BCUT2D eigenvalue weighted by Gasteiger charge is 1.98. The first-order chi connectivity index (χ1) is 14.6. The lowest BCUT2D eigenvalue weighted by atomic mass is 10.3. The highest BCUT2D eigenvalue weighted by atomic mass is 16.4.